The van der Waals surface area contributed by atoms with Gasteiger partial charge in [-0.3, -0.25) is 9.59 Å². The largest absolute Gasteiger partial charge is 0.341 e. The van der Waals surface area contributed by atoms with Gasteiger partial charge >= 0.3 is 0 Å². The number of hydrogen-bond donors (Lipinski definition) is 0. The van der Waals surface area contributed by atoms with Crippen LogP contribution in [0.1, 0.15) is 50.1 Å². The molecule has 22 heavy (non-hydrogen) atoms. The van der Waals surface area contributed by atoms with Gasteiger partial charge < -0.3 is 9.47 Å². The minimum Gasteiger partial charge on any atom is -0.341 e. The van der Waals surface area contributed by atoms with Crippen molar-refractivity contribution in [3.8, 4) is 0 Å². The molecule has 1 saturated heterocycles. The van der Waals surface area contributed by atoms with Crippen molar-refractivity contribution >= 4 is 5.91 Å². The number of aromatic nitrogens is 1. The first-order chi connectivity index (χ1) is 10.7. The van der Waals surface area contributed by atoms with E-state index in [1.165, 1.54) is 19.3 Å². The molecule has 2 atom stereocenters. The zero-order valence-corrected chi connectivity index (χ0v) is 13.0. The Hall–Kier alpha value is -1.58. The second-order valence-electron chi connectivity index (χ2n) is 7.28. The van der Waals surface area contributed by atoms with Crippen molar-refractivity contribution in [3.05, 3.63) is 34.2 Å². The van der Waals surface area contributed by atoms with Crippen LogP contribution in [-0.2, 0) is 11.3 Å². The molecule has 4 rings (SSSR count). The van der Waals surface area contributed by atoms with Crippen molar-refractivity contribution < 1.29 is 4.79 Å². The van der Waals surface area contributed by atoms with Gasteiger partial charge in [-0.05, 0) is 31.2 Å². The van der Waals surface area contributed by atoms with E-state index < -0.39 is 0 Å². The molecule has 1 aliphatic carbocycles. The molecular formula is C18H24N2O2. The third kappa shape index (κ3) is 2.38. The summed E-state index contributed by atoms with van der Waals surface area (Å²) in [6, 6.07) is 5.57. The number of nitrogens with zero attached hydrogens (tertiary/aromatic N) is 2. The lowest BCUT2D eigenvalue weighted by Gasteiger charge is -2.44. The van der Waals surface area contributed by atoms with E-state index in [1.807, 2.05) is 10.6 Å². The topological polar surface area (TPSA) is 42.3 Å². The maximum absolute atomic E-state index is 12.8. The molecule has 1 aromatic rings. The minimum absolute atomic E-state index is 0.110. The molecular weight excluding hydrogens is 276 g/mol. The van der Waals surface area contributed by atoms with E-state index in [0.717, 1.165) is 44.6 Å². The summed E-state index contributed by atoms with van der Waals surface area (Å²) in [5, 5.41) is 0. The molecule has 2 unspecified atom stereocenters. The summed E-state index contributed by atoms with van der Waals surface area (Å²) in [7, 11) is 0. The fourth-order valence-electron chi connectivity index (χ4n) is 4.68. The highest BCUT2D eigenvalue weighted by Gasteiger charge is 2.37. The highest BCUT2D eigenvalue weighted by atomic mass is 16.2. The second-order valence-corrected chi connectivity index (χ2v) is 7.28. The fraction of sp³-hybridized carbons (Fsp3) is 0.667. The van der Waals surface area contributed by atoms with Gasteiger partial charge in [0.2, 0.25) is 5.91 Å². The molecule has 4 nitrogen and oxygen atoms in total. The van der Waals surface area contributed by atoms with Crippen molar-refractivity contribution in [2.75, 3.05) is 13.1 Å². The third-order valence-electron chi connectivity index (χ3n) is 5.75. The van der Waals surface area contributed by atoms with Crippen LogP contribution in [0.2, 0.25) is 0 Å². The molecule has 2 fully saturated rings. The number of piperidine rings is 1. The van der Waals surface area contributed by atoms with Crippen molar-refractivity contribution in [2.24, 2.45) is 11.8 Å². The Labute approximate surface area is 131 Å². The Bertz CT molecular complexity index is 630. The number of hydrogen-bond acceptors (Lipinski definition) is 2. The van der Waals surface area contributed by atoms with Crippen LogP contribution in [0.3, 0.4) is 0 Å². The van der Waals surface area contributed by atoms with Gasteiger partial charge in [-0.25, -0.2) is 0 Å². The number of carbonyl (C=O) groups is 1. The molecule has 3 aliphatic rings. The van der Waals surface area contributed by atoms with Crippen LogP contribution in [-0.4, -0.2) is 28.5 Å². The Morgan fingerprint density at radius 3 is 2.68 bits per heavy atom. The SMILES string of the molecule is O=C(C1CCCCC1)N1CC2CC(C1)c1cccc(=O)n1C2. The smallest absolute Gasteiger partial charge is 0.250 e. The summed E-state index contributed by atoms with van der Waals surface area (Å²) < 4.78 is 1.93. The lowest BCUT2D eigenvalue weighted by atomic mass is 9.81. The Balaban J connectivity index is 1.55. The minimum atomic E-state index is 0.110. The van der Waals surface area contributed by atoms with Gasteiger partial charge in [-0.1, -0.05) is 25.3 Å². The third-order valence-corrected chi connectivity index (χ3v) is 5.75. The summed E-state index contributed by atoms with van der Waals surface area (Å²) >= 11 is 0. The number of carbonyl (C=O) groups excluding carboxylic acids is 1. The highest BCUT2D eigenvalue weighted by Crippen LogP contribution is 2.36. The van der Waals surface area contributed by atoms with Crippen LogP contribution >= 0.6 is 0 Å². The van der Waals surface area contributed by atoms with Gasteiger partial charge in [-0.15, -0.1) is 0 Å². The molecule has 118 valence electrons. The van der Waals surface area contributed by atoms with Crippen LogP contribution in [0.5, 0.6) is 0 Å². The number of amides is 1. The van der Waals surface area contributed by atoms with Crippen LogP contribution < -0.4 is 5.56 Å². The van der Waals surface area contributed by atoms with Gasteiger partial charge in [0.25, 0.3) is 5.56 Å². The van der Waals surface area contributed by atoms with E-state index in [0.29, 0.717) is 17.7 Å². The van der Waals surface area contributed by atoms with E-state index >= 15 is 0 Å². The number of pyridine rings is 1. The molecule has 4 heteroatoms. The first-order valence-electron chi connectivity index (χ1n) is 8.71. The van der Waals surface area contributed by atoms with Gasteiger partial charge in [0, 0.05) is 43.2 Å². The lowest BCUT2D eigenvalue weighted by Crippen LogP contribution is -2.50. The van der Waals surface area contributed by atoms with Crippen LogP contribution in [0.15, 0.2) is 23.0 Å². The first kappa shape index (κ1) is 14.0. The molecule has 1 saturated carbocycles. The zero-order chi connectivity index (χ0) is 15.1. The van der Waals surface area contributed by atoms with E-state index in [2.05, 4.69) is 11.0 Å². The highest BCUT2D eigenvalue weighted by molar-refractivity contribution is 5.79. The number of fused-ring (bicyclic) bond motifs is 4. The molecule has 1 aromatic heterocycles. The van der Waals surface area contributed by atoms with Crippen molar-refractivity contribution in [3.63, 3.8) is 0 Å². The van der Waals surface area contributed by atoms with Crippen LogP contribution in [0, 0.1) is 11.8 Å². The molecule has 2 bridgehead atoms. The molecule has 0 aromatic carbocycles. The monoisotopic (exact) mass is 300 g/mol. The molecule has 1 amide bonds. The van der Waals surface area contributed by atoms with Crippen LogP contribution in [0.4, 0.5) is 0 Å². The summed E-state index contributed by atoms with van der Waals surface area (Å²) in [4.78, 5) is 27.0. The second kappa shape index (κ2) is 5.56. The lowest BCUT2D eigenvalue weighted by molar-refractivity contribution is -0.139. The number of rotatable bonds is 1. The zero-order valence-electron chi connectivity index (χ0n) is 13.0. The average Bonchev–Trinajstić information content (AvgIpc) is 2.56. The van der Waals surface area contributed by atoms with E-state index in [4.69, 9.17) is 0 Å². The fourth-order valence-corrected chi connectivity index (χ4v) is 4.68. The quantitative estimate of drug-likeness (QED) is 0.799. The first-order valence-corrected chi connectivity index (χ1v) is 8.71. The molecule has 0 spiro atoms. The summed E-state index contributed by atoms with van der Waals surface area (Å²) in [6.45, 7) is 2.42. The van der Waals surface area contributed by atoms with Crippen molar-refractivity contribution in [2.45, 2.75) is 51.0 Å². The van der Waals surface area contributed by atoms with Gasteiger partial charge in [0.05, 0.1) is 0 Å². The molecule has 2 aliphatic heterocycles. The predicted molar refractivity (Wildman–Crippen MR) is 84.7 cm³/mol. The van der Waals surface area contributed by atoms with Crippen molar-refractivity contribution in [1.29, 1.82) is 0 Å². The Morgan fingerprint density at radius 1 is 1.05 bits per heavy atom. The van der Waals surface area contributed by atoms with E-state index in [1.54, 1.807) is 6.07 Å². The van der Waals surface area contributed by atoms with E-state index in [9.17, 15) is 9.59 Å². The maximum Gasteiger partial charge on any atom is 0.250 e. The summed E-state index contributed by atoms with van der Waals surface area (Å²) in [5.74, 6) is 1.42. The van der Waals surface area contributed by atoms with E-state index in [-0.39, 0.29) is 11.5 Å². The predicted octanol–water partition coefficient (Wildman–Crippen LogP) is 2.37. The normalized spacial score (nSPS) is 28.3. The maximum atomic E-state index is 12.8. The van der Waals surface area contributed by atoms with Crippen molar-refractivity contribution in [1.82, 2.24) is 9.47 Å². The van der Waals surface area contributed by atoms with Crippen LogP contribution in [0.25, 0.3) is 0 Å². The average molecular weight is 300 g/mol. The standard InChI is InChI=1S/C18H24N2O2/c21-17-8-4-7-16-15-9-13(11-20(16)17)10-19(12-15)18(22)14-5-2-1-3-6-14/h4,7-8,13-15H,1-3,5-6,9-12H2. The van der Waals surface area contributed by atoms with Gasteiger partial charge in [0.1, 0.15) is 0 Å². The Kier molecular flexibility index (Phi) is 3.55. The van der Waals surface area contributed by atoms with Gasteiger partial charge in [0.15, 0.2) is 0 Å². The van der Waals surface area contributed by atoms with Gasteiger partial charge in [-0.2, -0.15) is 0 Å². The molecule has 0 radical (unpaired) electrons. The Morgan fingerprint density at radius 2 is 1.86 bits per heavy atom. The number of likely N-dealkylation sites (tertiary alicyclic amines) is 1. The summed E-state index contributed by atoms with van der Waals surface area (Å²) in [6.07, 6.45) is 6.95. The molecule has 0 N–H and O–H groups in total. The molecule has 3 heterocycles. The summed E-state index contributed by atoms with van der Waals surface area (Å²) in [5.41, 5.74) is 1.24.